The molecule has 6 heteroatoms. The van der Waals surface area contributed by atoms with Crippen LogP contribution in [-0.2, 0) is 9.84 Å². The molecule has 86 valence electrons. The quantitative estimate of drug-likeness (QED) is 0.621. The van der Waals surface area contributed by atoms with Gasteiger partial charge in [0, 0.05) is 10.5 Å². The Bertz CT molecular complexity index is 535. The Kier molecular flexibility index (Phi) is 2.06. The lowest BCUT2D eigenvalue weighted by Gasteiger charge is -2.66. The van der Waals surface area contributed by atoms with Crippen LogP contribution in [0.5, 0.6) is 0 Å². The van der Waals surface area contributed by atoms with E-state index in [1.807, 2.05) is 0 Å². The lowest BCUT2D eigenvalue weighted by molar-refractivity contribution is 0.0934. The SMILES string of the molecule is O=S(=O)(c1ccc(Cl)nc1)C12CC(Br)(C1)C2. The Labute approximate surface area is 107 Å². The van der Waals surface area contributed by atoms with Crippen molar-refractivity contribution in [1.82, 2.24) is 4.98 Å². The van der Waals surface area contributed by atoms with Gasteiger partial charge in [-0.15, -0.1) is 0 Å². The van der Waals surface area contributed by atoms with E-state index in [1.165, 1.54) is 18.3 Å². The van der Waals surface area contributed by atoms with Gasteiger partial charge >= 0.3 is 0 Å². The molecular weight excluding hydrogens is 314 g/mol. The second kappa shape index (κ2) is 3.00. The molecule has 1 heterocycles. The Morgan fingerprint density at radius 3 is 2.38 bits per heavy atom. The molecule has 0 atom stereocenters. The highest BCUT2D eigenvalue weighted by atomic mass is 79.9. The van der Waals surface area contributed by atoms with Crippen molar-refractivity contribution in [3.8, 4) is 0 Å². The highest BCUT2D eigenvalue weighted by Gasteiger charge is 2.73. The van der Waals surface area contributed by atoms with Crippen LogP contribution in [0.4, 0.5) is 0 Å². The minimum Gasteiger partial charge on any atom is -0.243 e. The molecule has 3 aliphatic carbocycles. The van der Waals surface area contributed by atoms with Gasteiger partial charge in [0.2, 0.25) is 0 Å². The molecule has 0 saturated heterocycles. The van der Waals surface area contributed by atoms with Crippen LogP contribution in [-0.4, -0.2) is 22.5 Å². The number of sulfone groups is 1. The van der Waals surface area contributed by atoms with Gasteiger partial charge in [-0.05, 0) is 31.4 Å². The molecular formula is C10H9BrClNO2S. The third kappa shape index (κ3) is 1.25. The highest BCUT2D eigenvalue weighted by Crippen LogP contribution is 2.70. The number of aromatic nitrogens is 1. The molecule has 16 heavy (non-hydrogen) atoms. The maximum absolute atomic E-state index is 12.3. The first-order valence-electron chi connectivity index (χ1n) is 4.92. The molecule has 1 aromatic rings. The Morgan fingerprint density at radius 1 is 1.31 bits per heavy atom. The molecule has 0 spiro atoms. The van der Waals surface area contributed by atoms with Crippen molar-refractivity contribution >= 4 is 37.4 Å². The summed E-state index contributed by atoms with van der Waals surface area (Å²) in [6, 6.07) is 3.05. The normalized spacial score (nSPS) is 36.4. The molecule has 2 bridgehead atoms. The van der Waals surface area contributed by atoms with Gasteiger partial charge < -0.3 is 0 Å². The molecule has 3 fully saturated rings. The molecule has 3 nitrogen and oxygen atoms in total. The maximum atomic E-state index is 12.3. The minimum absolute atomic E-state index is 0.0971. The average Bonchev–Trinajstić information content (AvgIpc) is 2.12. The predicted molar refractivity (Wildman–Crippen MR) is 64.7 cm³/mol. The van der Waals surface area contributed by atoms with E-state index in [0.717, 1.165) is 0 Å². The van der Waals surface area contributed by atoms with E-state index in [-0.39, 0.29) is 9.22 Å². The van der Waals surface area contributed by atoms with Crippen LogP contribution < -0.4 is 0 Å². The molecule has 0 radical (unpaired) electrons. The van der Waals surface area contributed by atoms with E-state index in [4.69, 9.17) is 11.6 Å². The van der Waals surface area contributed by atoms with Gasteiger partial charge in [0.1, 0.15) is 5.15 Å². The monoisotopic (exact) mass is 321 g/mol. The number of hydrogen-bond acceptors (Lipinski definition) is 3. The van der Waals surface area contributed by atoms with Gasteiger partial charge in [-0.3, -0.25) is 0 Å². The topological polar surface area (TPSA) is 47.0 Å². The van der Waals surface area contributed by atoms with Crippen molar-refractivity contribution in [3.05, 3.63) is 23.5 Å². The van der Waals surface area contributed by atoms with Gasteiger partial charge in [-0.25, -0.2) is 13.4 Å². The fraction of sp³-hybridized carbons (Fsp3) is 0.500. The van der Waals surface area contributed by atoms with Crippen LogP contribution in [0.2, 0.25) is 5.15 Å². The van der Waals surface area contributed by atoms with Crippen molar-refractivity contribution in [2.24, 2.45) is 0 Å². The van der Waals surface area contributed by atoms with Gasteiger partial charge in [-0.2, -0.15) is 0 Å². The number of halogens is 2. The van der Waals surface area contributed by atoms with Crippen LogP contribution >= 0.6 is 27.5 Å². The average molecular weight is 323 g/mol. The Hall–Kier alpha value is -0.130. The van der Waals surface area contributed by atoms with E-state index in [1.54, 1.807) is 0 Å². The summed E-state index contributed by atoms with van der Waals surface area (Å²) in [5.74, 6) is 0. The molecule has 0 amide bonds. The molecule has 0 unspecified atom stereocenters. The molecule has 4 rings (SSSR count). The number of alkyl halides is 1. The summed E-state index contributed by atoms with van der Waals surface area (Å²) in [5.41, 5.74) is 0. The van der Waals surface area contributed by atoms with E-state index in [0.29, 0.717) is 24.4 Å². The van der Waals surface area contributed by atoms with Gasteiger partial charge in [0.15, 0.2) is 9.84 Å². The summed E-state index contributed by atoms with van der Waals surface area (Å²) in [7, 11) is -3.24. The summed E-state index contributed by atoms with van der Waals surface area (Å²) in [6.07, 6.45) is 3.49. The summed E-state index contributed by atoms with van der Waals surface area (Å²) < 4.78 is 24.2. The van der Waals surface area contributed by atoms with Crippen LogP contribution in [0.3, 0.4) is 0 Å². The maximum Gasteiger partial charge on any atom is 0.185 e. The number of pyridine rings is 1. The molecule has 3 aliphatic rings. The molecule has 0 N–H and O–H groups in total. The molecule has 1 aromatic heterocycles. The first-order chi connectivity index (χ1) is 7.37. The third-order valence-electron chi connectivity index (χ3n) is 3.50. The van der Waals surface area contributed by atoms with Gasteiger partial charge in [0.25, 0.3) is 0 Å². The van der Waals surface area contributed by atoms with E-state index < -0.39 is 14.6 Å². The molecule has 0 aliphatic heterocycles. The smallest absolute Gasteiger partial charge is 0.185 e. The van der Waals surface area contributed by atoms with Crippen LogP contribution in [0, 0.1) is 0 Å². The fourth-order valence-corrected chi connectivity index (χ4v) is 7.25. The Morgan fingerprint density at radius 2 is 1.94 bits per heavy atom. The van der Waals surface area contributed by atoms with Crippen molar-refractivity contribution in [1.29, 1.82) is 0 Å². The standard InChI is InChI=1S/C10H9BrClNO2S/c11-9-4-10(5-9,6-9)16(14,15)7-1-2-8(12)13-3-7/h1-3H,4-6H2. The van der Waals surface area contributed by atoms with Crippen molar-refractivity contribution < 1.29 is 8.42 Å². The first kappa shape index (κ1) is 11.0. The lowest BCUT2D eigenvalue weighted by atomic mass is 9.55. The lowest BCUT2D eigenvalue weighted by Crippen LogP contribution is -2.72. The number of hydrogen-bond donors (Lipinski definition) is 0. The summed E-state index contributed by atoms with van der Waals surface area (Å²) in [6.45, 7) is 0. The fourth-order valence-electron chi connectivity index (χ4n) is 2.63. The van der Waals surface area contributed by atoms with Gasteiger partial charge in [-0.1, -0.05) is 27.5 Å². The zero-order valence-corrected chi connectivity index (χ0v) is 11.4. The first-order valence-corrected chi connectivity index (χ1v) is 7.58. The van der Waals surface area contributed by atoms with E-state index in [9.17, 15) is 8.42 Å². The van der Waals surface area contributed by atoms with E-state index >= 15 is 0 Å². The third-order valence-corrected chi connectivity index (χ3v) is 7.00. The van der Waals surface area contributed by atoms with Crippen LogP contribution in [0.25, 0.3) is 0 Å². The Balaban J connectivity index is 1.98. The van der Waals surface area contributed by atoms with Crippen molar-refractivity contribution in [2.75, 3.05) is 0 Å². The second-order valence-corrected chi connectivity index (χ2v) is 9.10. The molecule has 0 aromatic carbocycles. The molecule has 3 saturated carbocycles. The van der Waals surface area contributed by atoms with Crippen molar-refractivity contribution in [3.63, 3.8) is 0 Å². The zero-order valence-electron chi connectivity index (χ0n) is 8.28. The van der Waals surface area contributed by atoms with E-state index in [2.05, 4.69) is 20.9 Å². The number of nitrogens with zero attached hydrogens (tertiary/aromatic N) is 1. The largest absolute Gasteiger partial charge is 0.243 e. The highest BCUT2D eigenvalue weighted by molar-refractivity contribution is 9.10. The zero-order chi connectivity index (χ0) is 11.6. The summed E-state index contributed by atoms with van der Waals surface area (Å²) >= 11 is 9.18. The minimum atomic E-state index is -3.24. The van der Waals surface area contributed by atoms with Gasteiger partial charge in [0.05, 0.1) is 9.64 Å². The summed E-state index contributed by atoms with van der Waals surface area (Å²) in [5, 5.41) is 0.313. The van der Waals surface area contributed by atoms with Crippen LogP contribution in [0.15, 0.2) is 23.2 Å². The second-order valence-electron chi connectivity index (χ2n) is 4.68. The van der Waals surface area contributed by atoms with Crippen molar-refractivity contribution in [2.45, 2.75) is 33.2 Å². The number of rotatable bonds is 2. The predicted octanol–water partition coefficient (Wildman–Crippen LogP) is 2.58. The van der Waals surface area contributed by atoms with Crippen LogP contribution in [0.1, 0.15) is 19.3 Å². The summed E-state index contributed by atoms with van der Waals surface area (Å²) in [4.78, 5) is 4.11.